The highest BCUT2D eigenvalue weighted by atomic mass is 35.5. The van der Waals surface area contributed by atoms with Gasteiger partial charge < -0.3 is 0 Å². The SMILES string of the molecule is O=C(c1ccc(Cl)cc1)[C@@H](Cn1nnc2ccccc21)n1cncn1. The summed E-state index contributed by atoms with van der Waals surface area (Å²) in [7, 11) is 0. The van der Waals surface area contributed by atoms with Crippen LogP contribution >= 0.6 is 11.6 Å². The summed E-state index contributed by atoms with van der Waals surface area (Å²) in [5, 5.41) is 13.0. The maximum absolute atomic E-state index is 13.0. The van der Waals surface area contributed by atoms with Crippen molar-refractivity contribution >= 4 is 28.4 Å². The van der Waals surface area contributed by atoms with Crippen LogP contribution in [0, 0.1) is 0 Å². The van der Waals surface area contributed by atoms with Crippen LogP contribution in [-0.4, -0.2) is 35.5 Å². The second-order valence-electron chi connectivity index (χ2n) is 5.52. The highest BCUT2D eigenvalue weighted by molar-refractivity contribution is 6.30. The van der Waals surface area contributed by atoms with Crippen molar-refractivity contribution in [2.45, 2.75) is 12.6 Å². The van der Waals surface area contributed by atoms with Gasteiger partial charge in [0.05, 0.1) is 12.1 Å². The Morgan fingerprint density at radius 2 is 1.92 bits per heavy atom. The molecule has 0 unspecified atom stereocenters. The number of carbonyl (C=O) groups excluding carboxylic acids is 1. The quantitative estimate of drug-likeness (QED) is 0.516. The Morgan fingerprint density at radius 3 is 2.68 bits per heavy atom. The number of hydrogen-bond acceptors (Lipinski definition) is 5. The Bertz CT molecular complexity index is 1010. The first kappa shape index (κ1) is 15.5. The lowest BCUT2D eigenvalue weighted by Crippen LogP contribution is -2.25. The van der Waals surface area contributed by atoms with Gasteiger partial charge in [0.2, 0.25) is 0 Å². The van der Waals surface area contributed by atoms with Crippen LogP contribution in [0.2, 0.25) is 5.02 Å². The average Bonchev–Trinajstić information content (AvgIpc) is 3.30. The van der Waals surface area contributed by atoms with Crippen molar-refractivity contribution in [2.24, 2.45) is 0 Å². The molecule has 0 aliphatic carbocycles. The van der Waals surface area contributed by atoms with Gasteiger partial charge in [-0.2, -0.15) is 5.10 Å². The number of ketones is 1. The van der Waals surface area contributed by atoms with Gasteiger partial charge in [-0.25, -0.2) is 14.3 Å². The zero-order valence-corrected chi connectivity index (χ0v) is 13.8. The third kappa shape index (κ3) is 3.01. The van der Waals surface area contributed by atoms with Gasteiger partial charge in [0.15, 0.2) is 5.78 Å². The van der Waals surface area contributed by atoms with E-state index in [-0.39, 0.29) is 5.78 Å². The monoisotopic (exact) mass is 352 g/mol. The van der Waals surface area contributed by atoms with E-state index < -0.39 is 6.04 Å². The Hall–Kier alpha value is -3.06. The lowest BCUT2D eigenvalue weighted by atomic mass is 10.0. The summed E-state index contributed by atoms with van der Waals surface area (Å²) in [6, 6.07) is 13.8. The first-order valence-corrected chi connectivity index (χ1v) is 8.02. The molecular weight excluding hydrogens is 340 g/mol. The fourth-order valence-electron chi connectivity index (χ4n) is 2.69. The molecule has 0 spiro atoms. The van der Waals surface area contributed by atoms with Crippen LogP contribution in [0.25, 0.3) is 11.0 Å². The predicted octanol–water partition coefficient (Wildman–Crippen LogP) is 2.80. The molecule has 0 saturated heterocycles. The van der Waals surface area contributed by atoms with E-state index in [9.17, 15) is 4.79 Å². The zero-order chi connectivity index (χ0) is 17.2. The Balaban J connectivity index is 1.72. The highest BCUT2D eigenvalue weighted by Crippen LogP contribution is 2.20. The molecule has 2 aromatic heterocycles. The summed E-state index contributed by atoms with van der Waals surface area (Å²) in [4.78, 5) is 17.0. The van der Waals surface area contributed by atoms with E-state index >= 15 is 0 Å². The van der Waals surface area contributed by atoms with Gasteiger partial charge in [0, 0.05) is 10.6 Å². The van der Waals surface area contributed by atoms with E-state index in [0.29, 0.717) is 17.1 Å². The van der Waals surface area contributed by atoms with Gasteiger partial charge in [-0.05, 0) is 36.4 Å². The summed E-state index contributed by atoms with van der Waals surface area (Å²) in [5.74, 6) is -0.0956. The molecule has 7 nitrogen and oxygen atoms in total. The number of aromatic nitrogens is 6. The van der Waals surface area contributed by atoms with Crippen molar-refractivity contribution in [3.8, 4) is 0 Å². The molecule has 124 valence electrons. The van der Waals surface area contributed by atoms with Crippen LogP contribution in [-0.2, 0) is 6.54 Å². The van der Waals surface area contributed by atoms with E-state index in [4.69, 9.17) is 11.6 Å². The number of fused-ring (bicyclic) bond motifs is 1. The van der Waals surface area contributed by atoms with E-state index in [1.807, 2.05) is 24.3 Å². The summed E-state index contributed by atoms with van der Waals surface area (Å²) < 4.78 is 3.24. The largest absolute Gasteiger partial charge is 0.292 e. The smallest absolute Gasteiger partial charge is 0.189 e. The highest BCUT2D eigenvalue weighted by Gasteiger charge is 2.24. The predicted molar refractivity (Wildman–Crippen MR) is 92.4 cm³/mol. The number of hydrogen-bond donors (Lipinski definition) is 0. The summed E-state index contributed by atoms with van der Waals surface area (Å²) in [5.41, 5.74) is 2.18. The number of Topliss-reactive ketones (excluding diaryl/α,β-unsaturated/α-hetero) is 1. The van der Waals surface area contributed by atoms with Gasteiger partial charge in [-0.1, -0.05) is 28.9 Å². The van der Waals surface area contributed by atoms with Gasteiger partial charge in [0.1, 0.15) is 24.2 Å². The zero-order valence-electron chi connectivity index (χ0n) is 13.0. The molecule has 8 heteroatoms. The Labute approximate surface area is 147 Å². The molecule has 2 heterocycles. The van der Waals surface area contributed by atoms with E-state index in [1.54, 1.807) is 28.9 Å². The van der Waals surface area contributed by atoms with E-state index in [2.05, 4.69) is 20.4 Å². The lowest BCUT2D eigenvalue weighted by molar-refractivity contribution is 0.0902. The molecule has 0 saturated carbocycles. The minimum atomic E-state index is -0.589. The molecule has 0 bridgehead atoms. The first-order valence-electron chi connectivity index (χ1n) is 7.64. The van der Waals surface area contributed by atoms with Crippen molar-refractivity contribution in [3.05, 3.63) is 71.8 Å². The third-order valence-corrected chi connectivity index (χ3v) is 4.21. The van der Waals surface area contributed by atoms with Gasteiger partial charge in [0.25, 0.3) is 0 Å². The second kappa shape index (κ2) is 6.45. The van der Waals surface area contributed by atoms with Gasteiger partial charge >= 0.3 is 0 Å². The number of benzene rings is 2. The fourth-order valence-corrected chi connectivity index (χ4v) is 2.81. The standard InChI is InChI=1S/C17H13ClN6O/c18-13-7-5-12(6-8-13)17(25)16(24-11-19-10-20-24)9-23-15-4-2-1-3-14(15)21-22-23/h1-8,10-11,16H,9H2/t16-/m1/s1. The van der Waals surface area contributed by atoms with Crippen LogP contribution in [0.5, 0.6) is 0 Å². The van der Waals surface area contributed by atoms with E-state index in [0.717, 1.165) is 11.0 Å². The van der Waals surface area contributed by atoms with Crippen LogP contribution in [0.15, 0.2) is 61.2 Å². The normalized spacial score (nSPS) is 12.4. The minimum absolute atomic E-state index is 0.0956. The van der Waals surface area contributed by atoms with Crippen molar-refractivity contribution < 1.29 is 4.79 Å². The number of carbonyl (C=O) groups is 1. The molecule has 0 radical (unpaired) electrons. The molecule has 0 aliphatic rings. The van der Waals surface area contributed by atoms with Crippen molar-refractivity contribution in [3.63, 3.8) is 0 Å². The molecule has 0 N–H and O–H groups in total. The topological polar surface area (TPSA) is 78.5 Å². The van der Waals surface area contributed by atoms with Gasteiger partial charge in [-0.3, -0.25) is 4.79 Å². The molecular formula is C17H13ClN6O. The number of rotatable bonds is 5. The summed E-state index contributed by atoms with van der Waals surface area (Å²) in [6.07, 6.45) is 2.93. The second-order valence-corrected chi connectivity index (χ2v) is 5.96. The fraction of sp³-hybridized carbons (Fsp3) is 0.118. The molecule has 4 aromatic rings. The summed E-state index contributed by atoms with van der Waals surface area (Å²) >= 11 is 5.91. The van der Waals surface area contributed by atoms with Crippen LogP contribution in [0.4, 0.5) is 0 Å². The van der Waals surface area contributed by atoms with Crippen molar-refractivity contribution in [1.82, 2.24) is 29.8 Å². The van der Waals surface area contributed by atoms with Gasteiger partial charge in [-0.15, -0.1) is 5.10 Å². The van der Waals surface area contributed by atoms with Crippen molar-refractivity contribution in [1.29, 1.82) is 0 Å². The maximum atomic E-state index is 13.0. The third-order valence-electron chi connectivity index (χ3n) is 3.95. The van der Waals surface area contributed by atoms with E-state index in [1.165, 1.54) is 17.3 Å². The average molecular weight is 353 g/mol. The van der Waals surface area contributed by atoms with Crippen LogP contribution in [0.1, 0.15) is 16.4 Å². The molecule has 0 aliphatic heterocycles. The molecule has 25 heavy (non-hydrogen) atoms. The molecule has 0 fully saturated rings. The number of para-hydroxylation sites is 1. The molecule has 0 amide bonds. The minimum Gasteiger partial charge on any atom is -0.292 e. The summed E-state index contributed by atoms with van der Waals surface area (Å²) in [6.45, 7) is 0.297. The maximum Gasteiger partial charge on any atom is 0.189 e. The van der Waals surface area contributed by atoms with Crippen molar-refractivity contribution in [2.75, 3.05) is 0 Å². The first-order chi connectivity index (χ1) is 12.2. The number of nitrogens with zero attached hydrogens (tertiary/aromatic N) is 6. The number of halogens is 1. The Morgan fingerprint density at radius 1 is 1.12 bits per heavy atom. The lowest BCUT2D eigenvalue weighted by Gasteiger charge is -2.16. The Kier molecular flexibility index (Phi) is 3.99. The molecule has 4 rings (SSSR count). The molecule has 1 atom stereocenters. The van der Waals surface area contributed by atoms with Crippen LogP contribution < -0.4 is 0 Å². The molecule has 2 aromatic carbocycles. The van der Waals surface area contributed by atoms with Crippen LogP contribution in [0.3, 0.4) is 0 Å².